The maximum Gasteiger partial charge on any atom is 0.267 e. The van der Waals surface area contributed by atoms with Crippen LogP contribution in [0.25, 0.3) is 10.9 Å². The number of aromatic hydroxyl groups is 1. The molecule has 0 aliphatic heterocycles. The zero-order chi connectivity index (χ0) is 23.5. The molecule has 1 heterocycles. The van der Waals surface area contributed by atoms with Crippen molar-refractivity contribution in [3.63, 3.8) is 0 Å². The molecular weight excluding hydrogens is 477 g/mol. The molecule has 0 radical (unpaired) electrons. The van der Waals surface area contributed by atoms with Crippen LogP contribution < -0.4 is 11.1 Å². The zero-order valence-corrected chi connectivity index (χ0v) is 19.8. The Kier molecular flexibility index (Phi) is 6.88. The lowest BCUT2D eigenvalue weighted by molar-refractivity contribution is 0.0946. The molecule has 0 aliphatic carbocycles. The summed E-state index contributed by atoms with van der Waals surface area (Å²) >= 11 is 17.3. The Labute approximate surface area is 206 Å². The van der Waals surface area contributed by atoms with E-state index in [1.807, 2.05) is 41.0 Å². The van der Waals surface area contributed by atoms with Crippen LogP contribution in [0.5, 0.6) is 5.75 Å². The molecule has 8 heteroatoms. The zero-order valence-electron chi connectivity index (χ0n) is 17.5. The summed E-state index contributed by atoms with van der Waals surface area (Å²) in [6.45, 7) is 0.805. The van der Waals surface area contributed by atoms with Crippen LogP contribution in [0.1, 0.15) is 27.2 Å². The van der Waals surface area contributed by atoms with Gasteiger partial charge in [0.15, 0.2) is 0 Å². The van der Waals surface area contributed by atoms with Gasteiger partial charge < -0.3 is 20.7 Å². The van der Waals surface area contributed by atoms with Gasteiger partial charge in [0.25, 0.3) is 5.91 Å². The molecule has 3 aromatic carbocycles. The molecule has 0 fully saturated rings. The van der Waals surface area contributed by atoms with Crippen LogP contribution >= 0.6 is 35.4 Å². The second kappa shape index (κ2) is 9.83. The van der Waals surface area contributed by atoms with E-state index in [0.717, 1.165) is 22.2 Å². The number of phenolic OH excluding ortho intramolecular Hbond substituents is 1. The number of nitrogens with zero attached hydrogens (tertiary/aromatic N) is 1. The minimum atomic E-state index is -0.249. The van der Waals surface area contributed by atoms with Gasteiger partial charge in [-0.25, -0.2) is 0 Å². The van der Waals surface area contributed by atoms with Crippen molar-refractivity contribution < 1.29 is 9.90 Å². The highest BCUT2D eigenvalue weighted by Crippen LogP contribution is 2.29. The summed E-state index contributed by atoms with van der Waals surface area (Å²) in [6.07, 6.45) is 0.559. The predicted octanol–water partition coefficient (Wildman–Crippen LogP) is 5.31. The second-order valence-corrected chi connectivity index (χ2v) is 8.92. The van der Waals surface area contributed by atoms with Gasteiger partial charge in [0.2, 0.25) is 0 Å². The SMILES string of the molecule is NC(=S)c1cccc(Cn2c(C(=O)NCCc3ccc(Cl)cc3Cl)cc3c(O)cccc32)c1. The molecule has 0 spiro atoms. The summed E-state index contributed by atoms with van der Waals surface area (Å²) in [6, 6.07) is 19.8. The van der Waals surface area contributed by atoms with Crippen LogP contribution in [0.3, 0.4) is 0 Å². The van der Waals surface area contributed by atoms with Crippen molar-refractivity contribution in [1.82, 2.24) is 9.88 Å². The standard InChI is InChI=1S/C25H21Cl2N3O2S/c26-18-8-7-16(20(27)12-18)9-10-29-25(32)22-13-19-21(5-2-6-23(19)31)30(22)14-15-3-1-4-17(11-15)24(28)33/h1-8,11-13,31H,9-10,14H2,(H2,28,33)(H,29,32). The van der Waals surface area contributed by atoms with E-state index in [2.05, 4.69) is 5.32 Å². The number of nitrogens with two attached hydrogens (primary N) is 1. The number of hydrogen-bond acceptors (Lipinski definition) is 3. The predicted molar refractivity (Wildman–Crippen MR) is 138 cm³/mol. The summed E-state index contributed by atoms with van der Waals surface area (Å²) in [7, 11) is 0. The molecule has 0 saturated carbocycles. The average molecular weight is 498 g/mol. The molecule has 4 rings (SSSR count). The Hall–Kier alpha value is -3.06. The maximum absolute atomic E-state index is 13.1. The molecule has 0 atom stereocenters. The van der Waals surface area contributed by atoms with Crippen molar-refractivity contribution in [3.05, 3.63) is 99.2 Å². The van der Waals surface area contributed by atoms with Gasteiger partial charge in [0.1, 0.15) is 16.4 Å². The van der Waals surface area contributed by atoms with E-state index in [9.17, 15) is 9.90 Å². The fourth-order valence-corrected chi connectivity index (χ4v) is 4.39. The molecule has 0 saturated heterocycles. The fraction of sp³-hybridized carbons (Fsp3) is 0.120. The Balaban J connectivity index is 1.61. The smallest absolute Gasteiger partial charge is 0.267 e. The minimum Gasteiger partial charge on any atom is -0.507 e. The highest BCUT2D eigenvalue weighted by molar-refractivity contribution is 7.80. The van der Waals surface area contributed by atoms with E-state index in [1.54, 1.807) is 30.3 Å². The second-order valence-electron chi connectivity index (χ2n) is 7.63. The average Bonchev–Trinajstić information content (AvgIpc) is 3.15. The molecule has 4 aromatic rings. The number of rotatable bonds is 7. The van der Waals surface area contributed by atoms with Crippen molar-refractivity contribution in [3.8, 4) is 5.75 Å². The van der Waals surface area contributed by atoms with E-state index in [0.29, 0.717) is 45.6 Å². The number of fused-ring (bicyclic) bond motifs is 1. The number of halogens is 2. The molecule has 1 amide bonds. The van der Waals surface area contributed by atoms with Gasteiger partial charge in [-0.2, -0.15) is 0 Å². The number of amides is 1. The van der Waals surface area contributed by atoms with Gasteiger partial charge in [0, 0.05) is 34.1 Å². The molecule has 168 valence electrons. The van der Waals surface area contributed by atoms with E-state index < -0.39 is 0 Å². The first kappa shape index (κ1) is 23.1. The summed E-state index contributed by atoms with van der Waals surface area (Å²) in [5.41, 5.74) is 9.56. The molecule has 5 nitrogen and oxygen atoms in total. The van der Waals surface area contributed by atoms with Crippen LogP contribution in [-0.2, 0) is 13.0 Å². The molecule has 33 heavy (non-hydrogen) atoms. The van der Waals surface area contributed by atoms with Crippen molar-refractivity contribution in [2.45, 2.75) is 13.0 Å². The summed E-state index contributed by atoms with van der Waals surface area (Å²) in [5, 5.41) is 15.0. The third kappa shape index (κ3) is 5.14. The lowest BCUT2D eigenvalue weighted by Crippen LogP contribution is -2.28. The molecule has 0 aliphatic rings. The number of benzene rings is 3. The van der Waals surface area contributed by atoms with E-state index in [-0.39, 0.29) is 11.7 Å². The van der Waals surface area contributed by atoms with E-state index >= 15 is 0 Å². The summed E-state index contributed by atoms with van der Waals surface area (Å²) in [4.78, 5) is 13.4. The molecule has 0 unspecified atom stereocenters. The van der Waals surface area contributed by atoms with Crippen LogP contribution in [0.4, 0.5) is 0 Å². The van der Waals surface area contributed by atoms with Gasteiger partial charge in [-0.3, -0.25) is 4.79 Å². The Morgan fingerprint density at radius 2 is 1.85 bits per heavy atom. The number of carbonyl (C=O) groups excluding carboxylic acids is 1. The van der Waals surface area contributed by atoms with E-state index in [1.165, 1.54) is 0 Å². The lowest BCUT2D eigenvalue weighted by Gasteiger charge is -2.13. The number of carbonyl (C=O) groups is 1. The fourth-order valence-electron chi connectivity index (χ4n) is 3.76. The Morgan fingerprint density at radius 1 is 1.06 bits per heavy atom. The Bertz CT molecular complexity index is 1370. The number of phenols is 1. The van der Waals surface area contributed by atoms with Crippen LogP contribution in [0.15, 0.2) is 66.7 Å². The van der Waals surface area contributed by atoms with Crippen molar-refractivity contribution in [1.29, 1.82) is 0 Å². The third-order valence-electron chi connectivity index (χ3n) is 5.40. The van der Waals surface area contributed by atoms with Crippen molar-refractivity contribution in [2.75, 3.05) is 6.54 Å². The molecular formula is C25H21Cl2N3O2S. The van der Waals surface area contributed by atoms with Crippen LogP contribution in [-0.4, -0.2) is 27.1 Å². The first-order valence-electron chi connectivity index (χ1n) is 10.3. The van der Waals surface area contributed by atoms with Crippen molar-refractivity contribution in [2.24, 2.45) is 5.73 Å². The maximum atomic E-state index is 13.1. The Morgan fingerprint density at radius 3 is 2.61 bits per heavy atom. The van der Waals surface area contributed by atoms with Gasteiger partial charge in [0.05, 0.1) is 5.52 Å². The van der Waals surface area contributed by atoms with Gasteiger partial charge in [-0.15, -0.1) is 0 Å². The highest BCUT2D eigenvalue weighted by atomic mass is 35.5. The lowest BCUT2D eigenvalue weighted by atomic mass is 10.1. The van der Waals surface area contributed by atoms with Gasteiger partial charge >= 0.3 is 0 Å². The number of hydrogen-bond donors (Lipinski definition) is 3. The van der Waals surface area contributed by atoms with Gasteiger partial charge in [-0.1, -0.05) is 65.8 Å². The largest absolute Gasteiger partial charge is 0.507 e. The van der Waals surface area contributed by atoms with Crippen LogP contribution in [0, 0.1) is 0 Å². The highest BCUT2D eigenvalue weighted by Gasteiger charge is 2.18. The minimum absolute atomic E-state index is 0.116. The summed E-state index contributed by atoms with van der Waals surface area (Å²) < 4.78 is 1.87. The first-order chi connectivity index (χ1) is 15.8. The van der Waals surface area contributed by atoms with E-state index in [4.69, 9.17) is 41.2 Å². The topological polar surface area (TPSA) is 80.3 Å². The van der Waals surface area contributed by atoms with Gasteiger partial charge in [-0.05, 0) is 53.9 Å². The molecule has 0 bridgehead atoms. The third-order valence-corrected chi connectivity index (χ3v) is 6.23. The quantitative estimate of drug-likeness (QED) is 0.302. The molecule has 4 N–H and O–H groups in total. The number of thiocarbonyl (C=S) groups is 1. The number of nitrogens with one attached hydrogen (secondary N) is 1. The normalized spacial score (nSPS) is 11.0. The first-order valence-corrected chi connectivity index (χ1v) is 11.4. The van der Waals surface area contributed by atoms with Crippen LogP contribution in [0.2, 0.25) is 10.0 Å². The summed E-state index contributed by atoms with van der Waals surface area (Å²) in [5.74, 6) is -0.133. The number of aromatic nitrogens is 1. The molecule has 1 aromatic heterocycles. The van der Waals surface area contributed by atoms with Crippen molar-refractivity contribution >= 4 is 57.2 Å². The monoisotopic (exact) mass is 497 g/mol.